The summed E-state index contributed by atoms with van der Waals surface area (Å²) in [5, 5.41) is 1.12. The highest BCUT2D eigenvalue weighted by Crippen LogP contribution is 2.65. The highest BCUT2D eigenvalue weighted by Gasteiger charge is 2.52. The number of fused-ring (bicyclic) bond motifs is 13. The van der Waals surface area contributed by atoms with E-state index in [9.17, 15) is 0 Å². The van der Waals surface area contributed by atoms with E-state index in [1.165, 1.54) is 30.7 Å². The molecule has 0 saturated heterocycles. The summed E-state index contributed by atoms with van der Waals surface area (Å²) >= 11 is 3.74. The smallest absolute Gasteiger partial charge is 0.0945 e. The third kappa shape index (κ3) is 5.13. The van der Waals surface area contributed by atoms with Gasteiger partial charge in [0.05, 0.1) is 50.0 Å². The molecule has 0 amide bonds. The van der Waals surface area contributed by atoms with E-state index >= 15 is 0 Å². The summed E-state index contributed by atoms with van der Waals surface area (Å²) in [7, 11) is 0. The Bertz CT molecular complexity index is 3450. The maximum Gasteiger partial charge on any atom is 0.0945 e. The van der Waals surface area contributed by atoms with Gasteiger partial charge in [-0.25, -0.2) is 4.98 Å². The van der Waals surface area contributed by atoms with Crippen LogP contribution in [0, 0.1) is 0 Å². The molecule has 0 fully saturated rings. The van der Waals surface area contributed by atoms with Crippen molar-refractivity contribution >= 4 is 51.5 Å². The molecule has 13 rings (SSSR count). The van der Waals surface area contributed by atoms with Crippen LogP contribution < -0.4 is 4.90 Å². The Hall–Kier alpha value is -7.32. The first-order valence-corrected chi connectivity index (χ1v) is 22.3. The molecule has 7 heteroatoms. The zero-order valence-corrected chi connectivity index (χ0v) is 34.7. The van der Waals surface area contributed by atoms with Gasteiger partial charge in [0.15, 0.2) is 0 Å². The molecule has 0 N–H and O–H groups in total. The van der Waals surface area contributed by atoms with Gasteiger partial charge in [0, 0.05) is 67.1 Å². The fourth-order valence-electron chi connectivity index (χ4n) is 9.91. The van der Waals surface area contributed by atoms with Crippen molar-refractivity contribution in [2.45, 2.75) is 25.0 Å². The average Bonchev–Trinajstić information content (AvgIpc) is 3.63. The van der Waals surface area contributed by atoms with Crippen molar-refractivity contribution in [3.63, 3.8) is 0 Å². The number of pyridine rings is 4. The Morgan fingerprint density at radius 1 is 0.435 bits per heavy atom. The van der Waals surface area contributed by atoms with E-state index in [4.69, 9.17) is 15.0 Å². The van der Waals surface area contributed by atoms with Crippen molar-refractivity contribution in [3.05, 3.63) is 223 Å². The number of hydrogen-bond acceptors (Lipinski definition) is 7. The lowest BCUT2D eigenvalue weighted by atomic mass is 9.67. The molecule has 1 aliphatic carbocycles. The molecule has 2 aliphatic heterocycles. The Balaban J connectivity index is 1.02. The van der Waals surface area contributed by atoms with E-state index in [1.807, 2.05) is 60.4 Å². The summed E-state index contributed by atoms with van der Waals surface area (Å²) in [5.41, 5.74) is 16.8. The van der Waals surface area contributed by atoms with E-state index < -0.39 is 5.41 Å². The Labute approximate surface area is 367 Å². The first kappa shape index (κ1) is 35.4. The highest BCUT2D eigenvalue weighted by molar-refractivity contribution is 8.02. The minimum absolute atomic E-state index is 0.636. The van der Waals surface area contributed by atoms with E-state index in [0.717, 1.165) is 84.0 Å². The maximum atomic E-state index is 5.56. The van der Waals surface area contributed by atoms with Gasteiger partial charge in [0.1, 0.15) is 0 Å². The molecule has 0 saturated carbocycles. The van der Waals surface area contributed by atoms with Crippen LogP contribution in [0.15, 0.2) is 220 Å². The lowest BCUT2D eigenvalue weighted by Crippen LogP contribution is -2.32. The summed E-state index contributed by atoms with van der Waals surface area (Å²) in [4.78, 5) is 27.4. The molecule has 1 unspecified atom stereocenters. The molecule has 1 spiro atoms. The van der Waals surface area contributed by atoms with Gasteiger partial charge in [-0.05, 0) is 88.5 Å². The summed E-state index contributed by atoms with van der Waals surface area (Å²) < 4.78 is 0. The Kier molecular flexibility index (Phi) is 7.92. The molecule has 5 nitrogen and oxygen atoms in total. The predicted octanol–water partition coefficient (Wildman–Crippen LogP) is 14.2. The third-order valence-electron chi connectivity index (χ3n) is 12.5. The quantitative estimate of drug-likeness (QED) is 0.175. The van der Waals surface area contributed by atoms with Crippen molar-refractivity contribution in [2.24, 2.45) is 0 Å². The van der Waals surface area contributed by atoms with Crippen LogP contribution in [0.3, 0.4) is 0 Å². The summed E-state index contributed by atoms with van der Waals surface area (Å²) in [6, 6.07) is 63.3. The van der Waals surface area contributed by atoms with Gasteiger partial charge in [0.25, 0.3) is 0 Å². The lowest BCUT2D eigenvalue weighted by molar-refractivity contribution is 0.711. The number of aromatic nitrogens is 4. The number of benzene rings is 6. The van der Waals surface area contributed by atoms with Crippen molar-refractivity contribution in [3.8, 4) is 44.9 Å². The van der Waals surface area contributed by atoms with Crippen LogP contribution in [-0.2, 0) is 5.41 Å². The molecule has 0 radical (unpaired) electrons. The van der Waals surface area contributed by atoms with Crippen LogP contribution in [0.5, 0.6) is 0 Å². The molecule has 3 aliphatic rings. The normalized spacial score (nSPS) is 15.3. The van der Waals surface area contributed by atoms with E-state index in [0.29, 0.717) is 0 Å². The van der Waals surface area contributed by atoms with Crippen LogP contribution in [0.2, 0.25) is 0 Å². The number of nitrogens with zero attached hydrogens (tertiary/aromatic N) is 5. The minimum Gasteiger partial charge on any atom is -0.308 e. The van der Waals surface area contributed by atoms with Crippen LogP contribution in [0.1, 0.15) is 22.3 Å². The molecular formula is C55H33N5S2. The van der Waals surface area contributed by atoms with Gasteiger partial charge >= 0.3 is 0 Å². The fraction of sp³-hybridized carbons (Fsp3) is 0.0182. The summed E-state index contributed by atoms with van der Waals surface area (Å²) in [5.74, 6) is 0. The molecular weight excluding hydrogens is 795 g/mol. The molecule has 6 heterocycles. The second-order valence-electron chi connectivity index (χ2n) is 15.8. The van der Waals surface area contributed by atoms with E-state index in [2.05, 4.69) is 174 Å². The number of hydrogen-bond donors (Lipinski definition) is 0. The molecule has 1 atom stereocenters. The summed E-state index contributed by atoms with van der Waals surface area (Å²) in [6.45, 7) is 0. The minimum atomic E-state index is -0.636. The lowest BCUT2D eigenvalue weighted by Gasteiger charge is -2.42. The van der Waals surface area contributed by atoms with Crippen molar-refractivity contribution in [1.29, 1.82) is 0 Å². The number of rotatable bonds is 4. The number of anilines is 3. The molecule has 290 valence electrons. The van der Waals surface area contributed by atoms with Gasteiger partial charge in [-0.3, -0.25) is 15.0 Å². The van der Waals surface area contributed by atoms with Crippen molar-refractivity contribution in [1.82, 2.24) is 19.9 Å². The van der Waals surface area contributed by atoms with Crippen LogP contribution in [0.25, 0.3) is 55.8 Å². The largest absolute Gasteiger partial charge is 0.308 e. The van der Waals surface area contributed by atoms with Gasteiger partial charge in [0.2, 0.25) is 0 Å². The van der Waals surface area contributed by atoms with Gasteiger partial charge < -0.3 is 4.90 Å². The zero-order chi connectivity index (χ0) is 40.8. The van der Waals surface area contributed by atoms with Gasteiger partial charge in [-0.15, -0.1) is 0 Å². The Morgan fingerprint density at radius 2 is 1.13 bits per heavy atom. The SMILES string of the molecule is c1cncc(-c2ccccc2N2c3ccccc3Sc3c2ccc2c3Sc3ccccc3C23c2cccnc2-c2nc(-c4cccc(-c5cccc6cccnc56)c4)ccc23)c1. The van der Waals surface area contributed by atoms with E-state index in [1.54, 1.807) is 0 Å². The fourth-order valence-corrected chi connectivity index (χ4v) is 12.5. The second-order valence-corrected chi connectivity index (χ2v) is 17.9. The van der Waals surface area contributed by atoms with E-state index in [-0.39, 0.29) is 0 Å². The van der Waals surface area contributed by atoms with Crippen molar-refractivity contribution < 1.29 is 0 Å². The van der Waals surface area contributed by atoms with Crippen LogP contribution >= 0.6 is 23.5 Å². The van der Waals surface area contributed by atoms with Gasteiger partial charge in [-0.1, -0.05) is 139 Å². The monoisotopic (exact) mass is 827 g/mol. The molecule has 4 aromatic heterocycles. The maximum absolute atomic E-state index is 5.56. The standard InChI is InChI=1S/C55H33N5S2/c1-3-21-45(38(17-1)37-16-9-29-56-33-37)60-46-22-4-6-24-49(46)62-54-47(60)28-26-43-53(54)61-48-23-5-2-19-40(48)55(43)41-20-11-31-58-51(41)52-42(55)25-27-44(59-52)36-14-7-13-35(32-36)39-18-8-12-34-15-10-30-57-50(34)39/h1-33H. The van der Waals surface area contributed by atoms with Crippen LogP contribution in [-0.4, -0.2) is 19.9 Å². The first-order chi connectivity index (χ1) is 30.8. The average molecular weight is 828 g/mol. The molecule has 6 aromatic carbocycles. The Morgan fingerprint density at radius 3 is 2.06 bits per heavy atom. The second kappa shape index (κ2) is 13.9. The molecule has 10 aromatic rings. The first-order valence-electron chi connectivity index (χ1n) is 20.7. The molecule has 62 heavy (non-hydrogen) atoms. The van der Waals surface area contributed by atoms with Crippen molar-refractivity contribution in [2.75, 3.05) is 4.90 Å². The topological polar surface area (TPSA) is 54.8 Å². The predicted molar refractivity (Wildman–Crippen MR) is 252 cm³/mol. The molecule has 0 bridgehead atoms. The zero-order valence-electron chi connectivity index (χ0n) is 33.1. The highest BCUT2D eigenvalue weighted by atomic mass is 32.2. The third-order valence-corrected chi connectivity index (χ3v) is 15.0. The van der Waals surface area contributed by atoms with Gasteiger partial charge in [-0.2, -0.15) is 0 Å². The number of para-hydroxylation sites is 3. The van der Waals surface area contributed by atoms with Crippen LogP contribution in [0.4, 0.5) is 17.1 Å². The summed E-state index contributed by atoms with van der Waals surface area (Å²) in [6.07, 6.45) is 7.56.